The maximum absolute atomic E-state index is 12.6. The van der Waals surface area contributed by atoms with Gasteiger partial charge in [0.15, 0.2) is 0 Å². The Morgan fingerprint density at radius 1 is 1.21 bits per heavy atom. The van der Waals surface area contributed by atoms with E-state index in [-0.39, 0.29) is 37.6 Å². The Morgan fingerprint density at radius 2 is 1.87 bits per heavy atom. The number of ether oxygens (including phenoxy) is 1. The molecular weight excluding hydrogens is 540 g/mol. The van der Waals surface area contributed by atoms with E-state index in [1.165, 1.54) is 38.2 Å². The quantitative estimate of drug-likeness (QED) is 0.167. The number of H-pyrrole nitrogens is 1. The molecule has 5 atom stereocenters. The molecule has 1 aliphatic rings. The predicted octanol–water partition coefficient (Wildman–Crippen LogP) is 2.70. The van der Waals surface area contributed by atoms with E-state index in [0.717, 1.165) is 0 Å². The molecule has 0 saturated heterocycles. The van der Waals surface area contributed by atoms with Gasteiger partial charge in [0.25, 0.3) is 14.1 Å². The van der Waals surface area contributed by atoms with Crippen LogP contribution in [-0.2, 0) is 32.2 Å². The standard InChI is InChI=1S/C22H39N5O9P2/c1-15(2)27(16(3)4)37(35-12-8-10-23)36-20-17(14-34-25-38(30,32-6)33-7)13-18(21(20)31-5)26-11-9-19(28)24-22(26)29/h9,11,15-18,20-21H,8,12-14H2,1-7H3,(H,25,30)(H,24,28,29)/t17-,18-,20-,21+,37?/m1/s1. The lowest BCUT2D eigenvalue weighted by Crippen LogP contribution is -2.41. The third-order valence-corrected chi connectivity index (χ3v) is 9.46. The summed E-state index contributed by atoms with van der Waals surface area (Å²) in [7, 11) is -1.35. The molecule has 1 aromatic heterocycles. The second kappa shape index (κ2) is 15.3. The SMILES string of the molecule is CO[C@@H]1[C@H](OP(OCCC#N)N(C(C)C)C(C)C)[C@@H](CONP(=O)(OC)OC)C[C@H]1n1ccc(=O)[nH]c1=O. The molecule has 1 aliphatic carbocycles. The molecule has 0 radical (unpaired) electrons. The van der Waals surface area contributed by atoms with Crippen LogP contribution in [0.5, 0.6) is 0 Å². The van der Waals surface area contributed by atoms with Gasteiger partial charge >= 0.3 is 13.4 Å². The molecule has 14 nitrogen and oxygen atoms in total. The van der Waals surface area contributed by atoms with Crippen LogP contribution in [0.25, 0.3) is 0 Å². The van der Waals surface area contributed by atoms with Crippen LogP contribution >= 0.6 is 16.3 Å². The first-order chi connectivity index (χ1) is 18.0. The van der Waals surface area contributed by atoms with Crippen molar-refractivity contribution in [2.75, 3.05) is 34.5 Å². The van der Waals surface area contributed by atoms with Gasteiger partial charge in [-0.05, 0) is 34.1 Å². The first kappa shape index (κ1) is 32.7. The Bertz CT molecular complexity index is 1060. The number of nitrogens with one attached hydrogen (secondary N) is 2. The molecule has 0 aromatic carbocycles. The van der Waals surface area contributed by atoms with Gasteiger partial charge in [-0.3, -0.25) is 28.2 Å². The highest BCUT2D eigenvalue weighted by atomic mass is 31.2. The molecule has 1 unspecified atom stereocenters. The van der Waals surface area contributed by atoms with E-state index in [4.69, 9.17) is 32.9 Å². The van der Waals surface area contributed by atoms with E-state index in [9.17, 15) is 14.2 Å². The summed E-state index contributed by atoms with van der Waals surface area (Å²) in [4.78, 5) is 32.1. The maximum Gasteiger partial charge on any atom is 0.428 e. The number of hydrogen-bond acceptors (Lipinski definition) is 11. The summed E-state index contributed by atoms with van der Waals surface area (Å²) in [5, 5.41) is 11.4. The van der Waals surface area contributed by atoms with Crippen molar-refractivity contribution in [3.8, 4) is 6.07 Å². The van der Waals surface area contributed by atoms with Gasteiger partial charge in [-0.25, -0.2) is 14.0 Å². The monoisotopic (exact) mass is 579 g/mol. The van der Waals surface area contributed by atoms with Crippen molar-refractivity contribution in [2.24, 2.45) is 5.92 Å². The average molecular weight is 580 g/mol. The van der Waals surface area contributed by atoms with Crippen LogP contribution in [0.3, 0.4) is 0 Å². The smallest absolute Gasteiger partial charge is 0.377 e. The van der Waals surface area contributed by atoms with Crippen molar-refractivity contribution in [1.82, 2.24) is 19.5 Å². The number of hydrogen-bond donors (Lipinski definition) is 2. The van der Waals surface area contributed by atoms with Gasteiger partial charge < -0.3 is 13.8 Å². The number of nitriles is 1. The number of rotatable bonds is 16. The van der Waals surface area contributed by atoms with Crippen LogP contribution in [0, 0.1) is 17.2 Å². The van der Waals surface area contributed by atoms with Crippen LogP contribution in [0.15, 0.2) is 21.9 Å². The fourth-order valence-corrected chi connectivity index (χ4v) is 6.73. The van der Waals surface area contributed by atoms with Gasteiger partial charge in [-0.15, -0.1) is 5.25 Å². The fourth-order valence-electron chi connectivity index (χ4n) is 4.40. The molecule has 1 aromatic rings. The molecule has 0 bridgehead atoms. The average Bonchev–Trinajstić information content (AvgIpc) is 3.20. The van der Waals surface area contributed by atoms with Crippen molar-refractivity contribution in [1.29, 1.82) is 5.26 Å². The molecular formula is C22H39N5O9P2. The largest absolute Gasteiger partial charge is 0.428 e. The molecule has 2 N–H and O–H groups in total. The van der Waals surface area contributed by atoms with Crippen LogP contribution in [0.1, 0.15) is 46.6 Å². The molecule has 16 heteroatoms. The van der Waals surface area contributed by atoms with Crippen LogP contribution < -0.4 is 16.5 Å². The zero-order chi connectivity index (χ0) is 28.5. The third-order valence-electron chi connectivity index (χ3n) is 6.02. The molecule has 0 spiro atoms. The zero-order valence-corrected chi connectivity index (χ0v) is 24.6. The van der Waals surface area contributed by atoms with Gasteiger partial charge in [0, 0.05) is 51.6 Å². The summed E-state index contributed by atoms with van der Waals surface area (Å²) in [5.74, 6) is -0.371. The van der Waals surface area contributed by atoms with Crippen molar-refractivity contribution in [2.45, 2.75) is 70.9 Å². The summed E-state index contributed by atoms with van der Waals surface area (Å²) in [6.45, 7) is 8.27. The molecule has 0 amide bonds. The highest BCUT2D eigenvalue weighted by Gasteiger charge is 2.48. The first-order valence-corrected chi connectivity index (χ1v) is 14.9. The normalized spacial score (nSPS) is 22.9. The number of methoxy groups -OCH3 is 1. The first-order valence-electron chi connectivity index (χ1n) is 12.2. The van der Waals surface area contributed by atoms with Crippen molar-refractivity contribution in [3.05, 3.63) is 33.1 Å². The van der Waals surface area contributed by atoms with Gasteiger partial charge in [-0.2, -0.15) is 5.26 Å². The number of aromatic nitrogens is 2. The summed E-state index contributed by atoms with van der Waals surface area (Å²) in [5.41, 5.74) is -1.09. The highest BCUT2D eigenvalue weighted by molar-refractivity contribution is 7.51. The summed E-state index contributed by atoms with van der Waals surface area (Å²) >= 11 is 0. The summed E-state index contributed by atoms with van der Waals surface area (Å²) in [6.07, 6.45) is 0.713. The van der Waals surface area contributed by atoms with E-state index in [1.54, 1.807) is 0 Å². The van der Waals surface area contributed by atoms with Crippen molar-refractivity contribution >= 4 is 16.3 Å². The lowest BCUT2D eigenvalue weighted by molar-refractivity contribution is -0.0390. The molecule has 38 heavy (non-hydrogen) atoms. The zero-order valence-electron chi connectivity index (χ0n) is 22.9. The van der Waals surface area contributed by atoms with Gasteiger partial charge in [-0.1, -0.05) is 0 Å². The molecule has 1 saturated carbocycles. The predicted molar refractivity (Wildman–Crippen MR) is 140 cm³/mol. The minimum Gasteiger partial charge on any atom is -0.377 e. The van der Waals surface area contributed by atoms with Crippen molar-refractivity contribution in [3.63, 3.8) is 0 Å². The van der Waals surface area contributed by atoms with E-state index >= 15 is 0 Å². The van der Waals surface area contributed by atoms with Crippen LogP contribution in [0.2, 0.25) is 0 Å². The van der Waals surface area contributed by atoms with Crippen LogP contribution in [-0.4, -0.2) is 73.1 Å². The second-order valence-corrected chi connectivity index (χ2v) is 12.5. The fraction of sp³-hybridized carbons (Fsp3) is 0.773. The second-order valence-electron chi connectivity index (χ2n) is 9.16. The Hall–Kier alpha value is -1.49. The van der Waals surface area contributed by atoms with E-state index in [2.05, 4.69) is 21.0 Å². The molecule has 1 fully saturated rings. The Morgan fingerprint density at radius 3 is 2.39 bits per heavy atom. The molecule has 216 valence electrons. The molecule has 2 rings (SSSR count). The lowest BCUT2D eigenvalue weighted by atomic mass is 10.1. The topological polar surface area (TPSA) is 166 Å². The Balaban J connectivity index is 2.43. The van der Waals surface area contributed by atoms with Crippen molar-refractivity contribution < 1.29 is 32.2 Å². The lowest BCUT2D eigenvalue weighted by Gasteiger charge is -2.38. The third kappa shape index (κ3) is 8.50. The van der Waals surface area contributed by atoms with E-state index in [0.29, 0.717) is 6.42 Å². The van der Waals surface area contributed by atoms with E-state index in [1.807, 2.05) is 27.7 Å². The molecule has 0 aliphatic heterocycles. The maximum atomic E-state index is 12.6. The minimum absolute atomic E-state index is 0.000562. The highest BCUT2D eigenvalue weighted by Crippen LogP contribution is 2.52. The summed E-state index contributed by atoms with van der Waals surface area (Å²) < 4.78 is 44.1. The van der Waals surface area contributed by atoms with Gasteiger partial charge in [0.05, 0.1) is 37.8 Å². The van der Waals surface area contributed by atoms with Gasteiger partial charge in [0.2, 0.25) is 0 Å². The Kier molecular flexibility index (Phi) is 13.2. The summed E-state index contributed by atoms with van der Waals surface area (Å²) in [6, 6.07) is 2.96. The number of aromatic amines is 1. The Labute approximate surface area is 224 Å². The minimum atomic E-state index is -3.65. The number of nitrogens with zero attached hydrogens (tertiary/aromatic N) is 3. The van der Waals surface area contributed by atoms with Crippen LogP contribution in [0.4, 0.5) is 0 Å². The molecule has 1 heterocycles. The van der Waals surface area contributed by atoms with E-state index < -0.39 is 45.8 Å². The van der Waals surface area contributed by atoms with Gasteiger partial charge in [0.1, 0.15) is 6.10 Å².